The van der Waals surface area contributed by atoms with Crippen LogP contribution >= 0.6 is 0 Å². The van der Waals surface area contributed by atoms with Crippen LogP contribution in [0.15, 0.2) is 73.1 Å². The highest BCUT2D eigenvalue weighted by Crippen LogP contribution is 2.24. The average Bonchev–Trinajstić information content (AvgIpc) is 3.24. The van der Waals surface area contributed by atoms with E-state index in [4.69, 9.17) is 0 Å². The van der Waals surface area contributed by atoms with Crippen molar-refractivity contribution >= 4 is 17.3 Å². The van der Waals surface area contributed by atoms with E-state index in [9.17, 15) is 4.79 Å². The van der Waals surface area contributed by atoms with Crippen molar-refractivity contribution in [1.29, 1.82) is 0 Å². The Balaban J connectivity index is 1.51. The summed E-state index contributed by atoms with van der Waals surface area (Å²) >= 11 is 0. The normalized spacial score (nSPS) is 15.3. The lowest BCUT2D eigenvalue weighted by Crippen LogP contribution is -2.29. The molecule has 1 aliphatic rings. The Kier molecular flexibility index (Phi) is 5.19. The molecule has 1 N–H and O–H groups in total. The van der Waals surface area contributed by atoms with Gasteiger partial charge in [0.15, 0.2) is 6.04 Å². The second-order valence-corrected chi connectivity index (χ2v) is 6.88. The van der Waals surface area contributed by atoms with E-state index < -0.39 is 6.04 Å². The number of amides is 1. The summed E-state index contributed by atoms with van der Waals surface area (Å²) in [5.74, 6) is -0.101. The fraction of sp³-hybridized carbons (Fsp3) is 0.273. The third kappa shape index (κ3) is 4.03. The van der Waals surface area contributed by atoms with E-state index in [0.29, 0.717) is 0 Å². The number of carbonyl (C=O) groups is 1. The second-order valence-electron chi connectivity index (χ2n) is 6.88. The SMILES string of the molecule is O=C(Nc1ccc(N2CCCCC2)cc1)C(c1ccccc1)n1cccn1. The van der Waals surface area contributed by atoms with Crippen LogP contribution in [-0.4, -0.2) is 28.8 Å². The van der Waals surface area contributed by atoms with Crippen LogP contribution in [0.2, 0.25) is 0 Å². The van der Waals surface area contributed by atoms with Crippen LogP contribution in [0.5, 0.6) is 0 Å². The molecule has 4 rings (SSSR count). The summed E-state index contributed by atoms with van der Waals surface area (Å²) in [6.45, 7) is 2.22. The largest absolute Gasteiger partial charge is 0.372 e. The van der Waals surface area contributed by atoms with Crippen molar-refractivity contribution in [3.05, 3.63) is 78.6 Å². The van der Waals surface area contributed by atoms with Gasteiger partial charge in [0.25, 0.3) is 5.91 Å². The van der Waals surface area contributed by atoms with Crippen LogP contribution in [-0.2, 0) is 4.79 Å². The first kappa shape index (κ1) is 17.3. The minimum Gasteiger partial charge on any atom is -0.372 e. The average molecular weight is 360 g/mol. The molecule has 138 valence electrons. The molecule has 0 saturated carbocycles. The Bertz CT molecular complexity index is 853. The van der Waals surface area contributed by atoms with E-state index in [1.165, 1.54) is 24.9 Å². The van der Waals surface area contributed by atoms with Crippen LogP contribution in [0.1, 0.15) is 30.9 Å². The smallest absolute Gasteiger partial charge is 0.253 e. The van der Waals surface area contributed by atoms with Crippen molar-refractivity contribution in [2.24, 2.45) is 0 Å². The molecule has 27 heavy (non-hydrogen) atoms. The summed E-state index contributed by atoms with van der Waals surface area (Å²) in [6, 6.07) is 19.2. The highest BCUT2D eigenvalue weighted by atomic mass is 16.2. The summed E-state index contributed by atoms with van der Waals surface area (Å²) in [6.07, 6.45) is 7.33. The number of hydrogen-bond donors (Lipinski definition) is 1. The molecule has 1 atom stereocenters. The fourth-order valence-corrected chi connectivity index (χ4v) is 3.61. The molecule has 2 heterocycles. The monoisotopic (exact) mass is 360 g/mol. The topological polar surface area (TPSA) is 50.2 Å². The van der Waals surface area contributed by atoms with Crippen molar-refractivity contribution in [2.75, 3.05) is 23.3 Å². The molecule has 5 heteroatoms. The van der Waals surface area contributed by atoms with Crippen LogP contribution in [0.3, 0.4) is 0 Å². The van der Waals surface area contributed by atoms with Crippen LogP contribution in [0.25, 0.3) is 0 Å². The third-order valence-corrected chi connectivity index (χ3v) is 5.01. The minimum atomic E-state index is -0.497. The number of nitrogens with zero attached hydrogens (tertiary/aromatic N) is 3. The molecule has 1 unspecified atom stereocenters. The van der Waals surface area contributed by atoms with Gasteiger partial charge in [-0.1, -0.05) is 30.3 Å². The van der Waals surface area contributed by atoms with Crippen molar-refractivity contribution in [3.8, 4) is 0 Å². The first-order chi connectivity index (χ1) is 13.3. The maximum Gasteiger partial charge on any atom is 0.253 e. The highest BCUT2D eigenvalue weighted by Gasteiger charge is 2.23. The predicted molar refractivity (Wildman–Crippen MR) is 108 cm³/mol. The standard InChI is InChI=1S/C22H24N4O/c27-22(21(26-17-7-14-23-26)18-8-3-1-4-9-18)24-19-10-12-20(13-11-19)25-15-5-2-6-16-25/h1,3-4,7-14,17,21H,2,5-6,15-16H2,(H,24,27). The molecule has 0 spiro atoms. The number of piperidine rings is 1. The van der Waals surface area contributed by atoms with Gasteiger partial charge in [0.05, 0.1) is 0 Å². The number of benzene rings is 2. The first-order valence-corrected chi connectivity index (χ1v) is 9.51. The quantitative estimate of drug-likeness (QED) is 0.745. The van der Waals surface area contributed by atoms with Crippen molar-refractivity contribution in [3.63, 3.8) is 0 Å². The maximum absolute atomic E-state index is 13.0. The Hall–Kier alpha value is -3.08. The molecule has 5 nitrogen and oxygen atoms in total. The van der Waals surface area contributed by atoms with E-state index in [0.717, 1.165) is 24.3 Å². The van der Waals surface area contributed by atoms with Crippen molar-refractivity contribution in [1.82, 2.24) is 9.78 Å². The summed E-state index contributed by atoms with van der Waals surface area (Å²) in [5.41, 5.74) is 2.93. The lowest BCUT2D eigenvalue weighted by molar-refractivity contribution is -0.118. The number of carbonyl (C=O) groups excluding carboxylic acids is 1. The van der Waals surface area contributed by atoms with Gasteiger partial charge < -0.3 is 10.2 Å². The van der Waals surface area contributed by atoms with Crippen LogP contribution in [0, 0.1) is 0 Å². The van der Waals surface area contributed by atoms with Gasteiger partial charge in [0.1, 0.15) is 0 Å². The first-order valence-electron chi connectivity index (χ1n) is 9.51. The fourth-order valence-electron chi connectivity index (χ4n) is 3.61. The lowest BCUT2D eigenvalue weighted by atomic mass is 10.1. The predicted octanol–water partition coefficient (Wildman–Crippen LogP) is 4.10. The molecule has 1 saturated heterocycles. The summed E-state index contributed by atoms with van der Waals surface area (Å²) in [7, 11) is 0. The van der Waals surface area contributed by atoms with Gasteiger partial charge in [-0.15, -0.1) is 0 Å². The molecule has 0 bridgehead atoms. The molecule has 1 aromatic heterocycles. The number of anilines is 2. The number of nitrogens with one attached hydrogen (secondary N) is 1. The van der Waals surface area contributed by atoms with Gasteiger partial charge in [0, 0.05) is 36.9 Å². The number of rotatable bonds is 5. The zero-order valence-corrected chi connectivity index (χ0v) is 15.3. The van der Waals surface area contributed by atoms with Gasteiger partial charge in [-0.2, -0.15) is 5.10 Å². The minimum absolute atomic E-state index is 0.101. The Morgan fingerprint density at radius 1 is 0.926 bits per heavy atom. The van der Waals surface area contributed by atoms with Gasteiger partial charge in [0.2, 0.25) is 0 Å². The van der Waals surface area contributed by atoms with Crippen molar-refractivity contribution < 1.29 is 4.79 Å². The maximum atomic E-state index is 13.0. The molecule has 2 aromatic carbocycles. The Labute approximate surface area is 159 Å². The van der Waals surface area contributed by atoms with Crippen molar-refractivity contribution in [2.45, 2.75) is 25.3 Å². The van der Waals surface area contributed by atoms with Gasteiger partial charge in [-0.25, -0.2) is 0 Å². The highest BCUT2D eigenvalue weighted by molar-refractivity contribution is 5.95. The molecule has 0 aliphatic carbocycles. The molecule has 1 fully saturated rings. The van der Waals surface area contributed by atoms with Crippen LogP contribution < -0.4 is 10.2 Å². The number of aromatic nitrogens is 2. The van der Waals surface area contributed by atoms with E-state index in [-0.39, 0.29) is 5.91 Å². The Morgan fingerprint density at radius 3 is 2.33 bits per heavy atom. The zero-order valence-electron chi connectivity index (χ0n) is 15.3. The summed E-state index contributed by atoms with van der Waals surface area (Å²) < 4.78 is 1.69. The molecule has 1 amide bonds. The van der Waals surface area contributed by atoms with Crippen LogP contribution in [0.4, 0.5) is 11.4 Å². The summed E-state index contributed by atoms with van der Waals surface area (Å²) in [5, 5.41) is 7.32. The number of hydrogen-bond acceptors (Lipinski definition) is 3. The van der Waals surface area contributed by atoms with E-state index >= 15 is 0 Å². The molecular formula is C22H24N4O. The molecule has 1 aliphatic heterocycles. The second kappa shape index (κ2) is 8.08. The third-order valence-electron chi connectivity index (χ3n) is 5.01. The Morgan fingerprint density at radius 2 is 1.67 bits per heavy atom. The van der Waals surface area contributed by atoms with Gasteiger partial charge in [-0.3, -0.25) is 9.48 Å². The van der Waals surface area contributed by atoms with Gasteiger partial charge in [-0.05, 0) is 55.2 Å². The lowest BCUT2D eigenvalue weighted by Gasteiger charge is -2.29. The van der Waals surface area contributed by atoms with E-state index in [1.807, 2.05) is 54.7 Å². The molecular weight excluding hydrogens is 336 g/mol. The van der Waals surface area contributed by atoms with E-state index in [2.05, 4.69) is 27.4 Å². The molecule has 0 radical (unpaired) electrons. The summed E-state index contributed by atoms with van der Waals surface area (Å²) in [4.78, 5) is 15.4. The zero-order chi connectivity index (χ0) is 18.5. The van der Waals surface area contributed by atoms with Gasteiger partial charge >= 0.3 is 0 Å². The van der Waals surface area contributed by atoms with E-state index in [1.54, 1.807) is 10.9 Å². The molecule has 3 aromatic rings.